The molecule has 1 aliphatic heterocycles. The van der Waals surface area contributed by atoms with E-state index in [9.17, 15) is 14.4 Å². The number of carboxylic acid groups (broad SMARTS) is 1. The number of carboxylic acids is 1. The molecule has 0 spiro atoms. The normalized spacial score (nSPS) is 17.0. The van der Waals surface area contributed by atoms with Gasteiger partial charge < -0.3 is 15.3 Å². The number of hydrogen-bond donors (Lipinski definition) is 2. The zero-order valence-corrected chi connectivity index (χ0v) is 15.7. The average molecular weight is 423 g/mol. The molecule has 3 rings (SSSR count). The lowest BCUT2D eigenvalue weighted by Crippen LogP contribution is -2.36. The maximum atomic E-state index is 12.3. The van der Waals surface area contributed by atoms with Crippen molar-refractivity contribution in [2.75, 3.05) is 11.4 Å². The van der Waals surface area contributed by atoms with Crippen LogP contribution in [0.25, 0.3) is 0 Å². The molecule has 1 aromatic carbocycles. The highest BCUT2D eigenvalue weighted by Gasteiger charge is 2.32. The van der Waals surface area contributed by atoms with Gasteiger partial charge in [0.1, 0.15) is 0 Å². The van der Waals surface area contributed by atoms with E-state index < -0.39 is 5.97 Å². The van der Waals surface area contributed by atoms with E-state index in [1.54, 1.807) is 36.1 Å². The summed E-state index contributed by atoms with van der Waals surface area (Å²) in [5.74, 6) is -1.29. The summed E-state index contributed by atoms with van der Waals surface area (Å²) in [7, 11) is 0. The van der Waals surface area contributed by atoms with E-state index in [4.69, 9.17) is 5.11 Å². The second kappa shape index (κ2) is 6.97. The predicted octanol–water partition coefficient (Wildman–Crippen LogP) is 3.05. The van der Waals surface area contributed by atoms with Crippen molar-refractivity contribution in [1.82, 2.24) is 5.32 Å². The Kier molecular flexibility index (Phi) is 4.91. The molecule has 8 heteroatoms. The van der Waals surface area contributed by atoms with Crippen LogP contribution in [0.4, 0.5) is 5.69 Å². The van der Waals surface area contributed by atoms with E-state index in [0.717, 1.165) is 3.79 Å². The number of carbonyl (C=O) groups is 3. The number of halogens is 1. The molecule has 2 heterocycles. The Bertz CT molecular complexity index is 864. The average Bonchev–Trinajstić information content (AvgIpc) is 3.12. The first-order chi connectivity index (χ1) is 11.8. The zero-order chi connectivity index (χ0) is 18.1. The van der Waals surface area contributed by atoms with E-state index in [1.165, 1.54) is 17.4 Å². The number of nitrogens with one attached hydrogen (secondary N) is 1. The van der Waals surface area contributed by atoms with Gasteiger partial charge in [-0.25, -0.2) is 4.79 Å². The van der Waals surface area contributed by atoms with Gasteiger partial charge in [-0.1, -0.05) is 0 Å². The number of thiophene rings is 1. The molecular weight excluding hydrogens is 408 g/mol. The fourth-order valence-corrected chi connectivity index (χ4v) is 4.09. The Labute approximate surface area is 156 Å². The summed E-state index contributed by atoms with van der Waals surface area (Å²) in [5.41, 5.74) is 1.44. The molecule has 6 nitrogen and oxygen atoms in total. The lowest BCUT2D eigenvalue weighted by molar-refractivity contribution is -0.117. The molecule has 25 heavy (non-hydrogen) atoms. The predicted molar refractivity (Wildman–Crippen MR) is 98.4 cm³/mol. The summed E-state index contributed by atoms with van der Waals surface area (Å²) in [4.78, 5) is 37.8. The van der Waals surface area contributed by atoms with Crippen LogP contribution in [-0.4, -0.2) is 35.5 Å². The van der Waals surface area contributed by atoms with Gasteiger partial charge in [0.05, 0.1) is 20.3 Å². The summed E-state index contributed by atoms with van der Waals surface area (Å²) < 4.78 is 0.871. The minimum Gasteiger partial charge on any atom is -0.478 e. The molecule has 1 unspecified atom stereocenters. The largest absolute Gasteiger partial charge is 0.478 e. The first-order valence-electron chi connectivity index (χ1n) is 7.55. The van der Waals surface area contributed by atoms with E-state index in [0.29, 0.717) is 22.7 Å². The number of anilines is 1. The Morgan fingerprint density at radius 1 is 1.32 bits per heavy atom. The molecule has 2 aromatic rings. The van der Waals surface area contributed by atoms with Crippen molar-refractivity contribution in [3.63, 3.8) is 0 Å². The van der Waals surface area contributed by atoms with E-state index in [1.807, 2.05) is 0 Å². The maximum absolute atomic E-state index is 12.3. The van der Waals surface area contributed by atoms with Crippen molar-refractivity contribution in [3.8, 4) is 0 Å². The van der Waals surface area contributed by atoms with Gasteiger partial charge in [-0.2, -0.15) is 0 Å². The summed E-state index contributed by atoms with van der Waals surface area (Å²) in [6, 6.07) is 8.05. The highest BCUT2D eigenvalue weighted by atomic mass is 79.9. The second-order valence-corrected chi connectivity index (χ2v) is 8.25. The molecule has 0 aliphatic carbocycles. The van der Waals surface area contributed by atoms with Crippen LogP contribution >= 0.6 is 27.3 Å². The number of nitrogens with zero attached hydrogens (tertiary/aromatic N) is 1. The third kappa shape index (κ3) is 3.74. The summed E-state index contributed by atoms with van der Waals surface area (Å²) in [6.45, 7) is 2.06. The molecule has 130 valence electrons. The van der Waals surface area contributed by atoms with Crippen LogP contribution < -0.4 is 10.2 Å². The van der Waals surface area contributed by atoms with Crippen molar-refractivity contribution in [1.29, 1.82) is 0 Å². The molecule has 1 fully saturated rings. The van der Waals surface area contributed by atoms with Crippen LogP contribution in [-0.2, 0) is 4.79 Å². The number of hydrogen-bond acceptors (Lipinski definition) is 4. The topological polar surface area (TPSA) is 86.7 Å². The van der Waals surface area contributed by atoms with Crippen molar-refractivity contribution >= 4 is 50.7 Å². The molecule has 1 saturated heterocycles. The fraction of sp³-hybridized carbons (Fsp3) is 0.235. The quantitative estimate of drug-likeness (QED) is 0.792. The SMILES string of the molecule is Cc1cc(N2CC(NC(=O)c3ccc(Br)s3)CC2=O)ccc1C(=O)O. The summed E-state index contributed by atoms with van der Waals surface area (Å²) >= 11 is 4.65. The van der Waals surface area contributed by atoms with E-state index in [-0.39, 0.29) is 29.8 Å². The third-order valence-electron chi connectivity index (χ3n) is 4.01. The molecule has 0 bridgehead atoms. The highest BCUT2D eigenvalue weighted by molar-refractivity contribution is 9.11. The minimum absolute atomic E-state index is 0.0971. The first kappa shape index (κ1) is 17.6. The lowest BCUT2D eigenvalue weighted by atomic mass is 10.1. The number of benzene rings is 1. The Morgan fingerprint density at radius 3 is 2.68 bits per heavy atom. The number of aromatic carboxylic acids is 1. The van der Waals surface area contributed by atoms with Crippen molar-refractivity contribution in [3.05, 3.63) is 50.1 Å². The van der Waals surface area contributed by atoms with E-state index >= 15 is 0 Å². The number of aryl methyl sites for hydroxylation is 1. The number of rotatable bonds is 4. The fourth-order valence-electron chi connectivity index (χ4n) is 2.80. The van der Waals surface area contributed by atoms with Crippen LogP contribution in [0.5, 0.6) is 0 Å². The molecule has 2 amide bonds. The van der Waals surface area contributed by atoms with Crippen LogP contribution in [0.2, 0.25) is 0 Å². The van der Waals surface area contributed by atoms with Crippen LogP contribution in [0, 0.1) is 6.92 Å². The number of amides is 2. The van der Waals surface area contributed by atoms with Gasteiger partial charge in [0.15, 0.2) is 0 Å². The Morgan fingerprint density at radius 2 is 2.08 bits per heavy atom. The zero-order valence-electron chi connectivity index (χ0n) is 13.3. The monoisotopic (exact) mass is 422 g/mol. The highest BCUT2D eigenvalue weighted by Crippen LogP contribution is 2.26. The van der Waals surface area contributed by atoms with Gasteiger partial charge in [-0.3, -0.25) is 9.59 Å². The molecular formula is C17H15BrN2O4S. The van der Waals surface area contributed by atoms with Crippen LogP contribution in [0.3, 0.4) is 0 Å². The van der Waals surface area contributed by atoms with Crippen LogP contribution in [0.15, 0.2) is 34.1 Å². The van der Waals surface area contributed by atoms with Crippen LogP contribution in [0.1, 0.15) is 32.0 Å². The molecule has 0 radical (unpaired) electrons. The van der Waals surface area contributed by atoms with Gasteiger partial charge >= 0.3 is 5.97 Å². The molecule has 0 saturated carbocycles. The van der Waals surface area contributed by atoms with Crippen molar-refractivity contribution < 1.29 is 19.5 Å². The van der Waals surface area contributed by atoms with Gasteiger partial charge in [0.2, 0.25) is 5.91 Å². The molecule has 1 aliphatic rings. The lowest BCUT2D eigenvalue weighted by Gasteiger charge is -2.18. The molecule has 1 aromatic heterocycles. The van der Waals surface area contributed by atoms with Gasteiger partial charge in [-0.15, -0.1) is 11.3 Å². The first-order valence-corrected chi connectivity index (χ1v) is 9.16. The van der Waals surface area contributed by atoms with Crippen molar-refractivity contribution in [2.45, 2.75) is 19.4 Å². The number of carbonyl (C=O) groups excluding carboxylic acids is 2. The van der Waals surface area contributed by atoms with E-state index in [2.05, 4.69) is 21.2 Å². The van der Waals surface area contributed by atoms with Gasteiger partial charge in [0, 0.05) is 18.7 Å². The molecule has 1 atom stereocenters. The van der Waals surface area contributed by atoms with Crippen molar-refractivity contribution in [2.24, 2.45) is 0 Å². The smallest absolute Gasteiger partial charge is 0.335 e. The summed E-state index contributed by atoms with van der Waals surface area (Å²) in [5, 5.41) is 12.0. The summed E-state index contributed by atoms with van der Waals surface area (Å²) in [6.07, 6.45) is 0.220. The third-order valence-corrected chi connectivity index (χ3v) is 5.63. The van der Waals surface area contributed by atoms with Gasteiger partial charge in [-0.05, 0) is 58.7 Å². The second-order valence-electron chi connectivity index (χ2n) is 5.79. The van der Waals surface area contributed by atoms with Gasteiger partial charge in [0.25, 0.3) is 5.91 Å². The maximum Gasteiger partial charge on any atom is 0.335 e. The Hall–Kier alpha value is -2.19. The standard InChI is InChI=1S/C17H15BrN2O4S/c1-9-6-11(2-3-12(9)17(23)24)20-8-10(7-15(20)21)19-16(22)13-4-5-14(18)25-13/h2-6,10H,7-8H2,1H3,(H,19,22)(H,23,24). The minimum atomic E-state index is -0.996. The Balaban J connectivity index is 1.71. The molecule has 2 N–H and O–H groups in total.